The van der Waals surface area contributed by atoms with E-state index in [0.717, 1.165) is 19.3 Å². The van der Waals surface area contributed by atoms with Gasteiger partial charge in [-0.05, 0) is 79.9 Å². The Kier molecular flexibility index (Phi) is 7.15. The molecule has 0 aromatic heterocycles. The van der Waals surface area contributed by atoms with Gasteiger partial charge in [0.15, 0.2) is 0 Å². The van der Waals surface area contributed by atoms with Crippen LogP contribution in [0.3, 0.4) is 0 Å². The monoisotopic (exact) mass is 550 g/mol. The highest BCUT2D eigenvalue weighted by Gasteiger charge is 2.51. The molecule has 0 saturated heterocycles. The van der Waals surface area contributed by atoms with Crippen LogP contribution in [-0.2, 0) is 9.59 Å². The predicted octanol–water partition coefficient (Wildman–Crippen LogP) is 6.16. The smallest absolute Gasteiger partial charge is 0.446 e. The van der Waals surface area contributed by atoms with E-state index < -0.39 is 29.2 Å². The SMILES string of the molecule is O=C(O)CCC(=O)N(C1CC1)[C@H]1c2cc(F)ccc2N(C(=O)c2ccc(SC(F)(F)F)cc2)[C@H]2CCC[C@@H]21. The van der Waals surface area contributed by atoms with Crippen molar-refractivity contribution in [3.8, 4) is 0 Å². The fraction of sp³-hybridized carbons (Fsp3) is 0.444. The highest BCUT2D eigenvalue weighted by Crippen LogP contribution is 2.53. The molecule has 1 aliphatic heterocycles. The van der Waals surface area contributed by atoms with Gasteiger partial charge in [0.25, 0.3) is 5.91 Å². The van der Waals surface area contributed by atoms with Gasteiger partial charge in [-0.2, -0.15) is 13.2 Å². The van der Waals surface area contributed by atoms with Crippen molar-refractivity contribution in [2.24, 2.45) is 5.92 Å². The van der Waals surface area contributed by atoms with E-state index in [1.165, 1.54) is 42.5 Å². The zero-order valence-electron chi connectivity index (χ0n) is 20.3. The number of thioether (sulfide) groups is 1. The Morgan fingerprint density at radius 1 is 1.00 bits per heavy atom. The molecule has 2 amide bonds. The third-order valence-corrected chi connectivity index (χ3v) is 8.21. The molecule has 38 heavy (non-hydrogen) atoms. The molecule has 2 saturated carbocycles. The molecule has 3 aliphatic rings. The first-order chi connectivity index (χ1) is 18.0. The number of benzene rings is 2. The highest BCUT2D eigenvalue weighted by molar-refractivity contribution is 8.00. The summed E-state index contributed by atoms with van der Waals surface area (Å²) < 4.78 is 52.8. The quantitative estimate of drug-likeness (QED) is 0.330. The van der Waals surface area contributed by atoms with Crippen molar-refractivity contribution in [3.05, 3.63) is 59.4 Å². The summed E-state index contributed by atoms with van der Waals surface area (Å²) in [4.78, 5) is 41.5. The normalized spacial score (nSPS) is 22.5. The molecular formula is C27H26F4N2O4S. The highest BCUT2D eigenvalue weighted by atomic mass is 32.2. The van der Waals surface area contributed by atoms with Crippen LogP contribution in [0.25, 0.3) is 0 Å². The predicted molar refractivity (Wildman–Crippen MR) is 132 cm³/mol. The van der Waals surface area contributed by atoms with E-state index in [0.29, 0.717) is 24.1 Å². The number of carbonyl (C=O) groups excluding carboxylic acids is 2. The first-order valence-corrected chi connectivity index (χ1v) is 13.4. The molecule has 6 nitrogen and oxygen atoms in total. The van der Waals surface area contributed by atoms with Gasteiger partial charge in [0.2, 0.25) is 5.91 Å². The van der Waals surface area contributed by atoms with E-state index in [4.69, 9.17) is 5.11 Å². The molecule has 11 heteroatoms. The van der Waals surface area contributed by atoms with Crippen LogP contribution >= 0.6 is 11.8 Å². The van der Waals surface area contributed by atoms with Gasteiger partial charge in [-0.3, -0.25) is 14.4 Å². The topological polar surface area (TPSA) is 77.9 Å². The zero-order chi connectivity index (χ0) is 27.2. The molecule has 2 aromatic rings. The van der Waals surface area contributed by atoms with Gasteiger partial charge in [-0.1, -0.05) is 6.42 Å². The molecule has 5 rings (SSSR count). The second kappa shape index (κ2) is 10.2. The maximum absolute atomic E-state index is 14.6. The van der Waals surface area contributed by atoms with E-state index >= 15 is 0 Å². The van der Waals surface area contributed by atoms with Crippen molar-refractivity contribution in [2.45, 2.75) is 73.5 Å². The molecule has 3 atom stereocenters. The fourth-order valence-corrected chi connectivity index (χ4v) is 6.42. The Labute approximate surface area is 221 Å². The number of rotatable bonds is 7. The zero-order valence-corrected chi connectivity index (χ0v) is 21.1. The number of amides is 2. The van der Waals surface area contributed by atoms with Gasteiger partial charge in [0.05, 0.1) is 12.5 Å². The van der Waals surface area contributed by atoms with Crippen molar-refractivity contribution in [3.63, 3.8) is 0 Å². The average molecular weight is 551 g/mol. The average Bonchev–Trinajstić information content (AvgIpc) is 3.57. The van der Waals surface area contributed by atoms with Crippen molar-refractivity contribution >= 4 is 35.2 Å². The van der Waals surface area contributed by atoms with Crippen LogP contribution in [0.5, 0.6) is 0 Å². The Bertz CT molecular complexity index is 1250. The number of carboxylic acids is 1. The first kappa shape index (κ1) is 26.5. The minimum absolute atomic E-state index is 0.0334. The molecule has 0 bridgehead atoms. The number of hydrogen-bond acceptors (Lipinski definition) is 4. The van der Waals surface area contributed by atoms with Gasteiger partial charge in [-0.15, -0.1) is 0 Å². The van der Waals surface area contributed by atoms with Crippen molar-refractivity contribution in [1.29, 1.82) is 0 Å². The summed E-state index contributed by atoms with van der Waals surface area (Å²) >= 11 is -0.258. The number of anilines is 1. The summed E-state index contributed by atoms with van der Waals surface area (Å²) in [6.45, 7) is 0. The summed E-state index contributed by atoms with van der Waals surface area (Å²) in [6, 6.07) is 8.52. The molecule has 1 heterocycles. The van der Waals surface area contributed by atoms with Crippen LogP contribution in [0.2, 0.25) is 0 Å². The van der Waals surface area contributed by atoms with E-state index in [1.807, 2.05) is 0 Å². The maximum Gasteiger partial charge on any atom is 0.446 e. The van der Waals surface area contributed by atoms with E-state index in [-0.39, 0.29) is 59.0 Å². The first-order valence-electron chi connectivity index (χ1n) is 12.6. The van der Waals surface area contributed by atoms with Gasteiger partial charge in [0, 0.05) is 46.1 Å². The van der Waals surface area contributed by atoms with Crippen LogP contribution < -0.4 is 4.90 Å². The number of alkyl halides is 3. The third-order valence-electron chi connectivity index (χ3n) is 7.47. The summed E-state index contributed by atoms with van der Waals surface area (Å²) in [5.41, 5.74) is -3.26. The van der Waals surface area contributed by atoms with Crippen LogP contribution in [0.4, 0.5) is 23.2 Å². The van der Waals surface area contributed by atoms with Crippen LogP contribution in [0.1, 0.15) is 66.9 Å². The Hall–Kier alpha value is -3.08. The van der Waals surface area contributed by atoms with Gasteiger partial charge in [0.1, 0.15) is 5.82 Å². The number of fused-ring (bicyclic) bond motifs is 2. The Morgan fingerprint density at radius 3 is 2.34 bits per heavy atom. The molecular weight excluding hydrogens is 524 g/mol. The van der Waals surface area contributed by atoms with Crippen LogP contribution in [0, 0.1) is 11.7 Å². The number of carbonyl (C=O) groups is 3. The van der Waals surface area contributed by atoms with Crippen molar-refractivity contribution < 1.29 is 37.1 Å². The van der Waals surface area contributed by atoms with Gasteiger partial charge in [-0.25, -0.2) is 4.39 Å². The lowest BCUT2D eigenvalue weighted by atomic mass is 9.81. The molecule has 2 aliphatic carbocycles. The number of halogens is 4. The third kappa shape index (κ3) is 5.39. The summed E-state index contributed by atoms with van der Waals surface area (Å²) in [6.07, 6.45) is 3.25. The second-order valence-corrected chi connectivity index (χ2v) is 11.1. The number of carboxylic acid groups (broad SMARTS) is 1. The van der Waals surface area contributed by atoms with Crippen molar-refractivity contribution in [2.75, 3.05) is 4.90 Å². The molecule has 2 fully saturated rings. The minimum Gasteiger partial charge on any atom is -0.481 e. The minimum atomic E-state index is -4.44. The van der Waals surface area contributed by atoms with E-state index in [9.17, 15) is 31.9 Å². The molecule has 0 spiro atoms. The molecule has 2 aromatic carbocycles. The van der Waals surface area contributed by atoms with Crippen molar-refractivity contribution in [1.82, 2.24) is 4.90 Å². The van der Waals surface area contributed by atoms with E-state index in [1.54, 1.807) is 9.80 Å². The lowest BCUT2D eigenvalue weighted by molar-refractivity contribution is -0.142. The summed E-state index contributed by atoms with van der Waals surface area (Å²) in [5, 5.41) is 9.11. The van der Waals surface area contributed by atoms with Gasteiger partial charge >= 0.3 is 11.5 Å². The molecule has 0 radical (unpaired) electrons. The molecule has 0 unspecified atom stereocenters. The Morgan fingerprint density at radius 2 is 1.71 bits per heavy atom. The fourth-order valence-electron chi connectivity index (χ4n) is 5.88. The molecule has 202 valence electrons. The maximum atomic E-state index is 14.6. The lowest BCUT2D eigenvalue weighted by Crippen LogP contribution is -2.53. The number of nitrogens with zero attached hydrogens (tertiary/aromatic N) is 2. The lowest BCUT2D eigenvalue weighted by Gasteiger charge is -2.48. The standard InChI is InChI=1S/C27H26F4N2O4S/c28-16-6-11-22-20(14-16)25(32(17-7-8-17)23(34)12-13-24(35)36)19-2-1-3-21(19)33(22)26(37)15-4-9-18(10-5-15)38-27(29,30)31/h4-6,9-11,14,17,19,21,25H,1-3,7-8,12-13H2,(H,35,36)/t19-,21-,25+/m0/s1. The summed E-state index contributed by atoms with van der Waals surface area (Å²) in [5.74, 6) is -2.45. The Balaban J connectivity index is 1.52. The van der Waals surface area contributed by atoms with Crippen LogP contribution in [-0.4, -0.2) is 45.4 Å². The number of aliphatic carboxylic acids is 1. The van der Waals surface area contributed by atoms with E-state index in [2.05, 4.69) is 0 Å². The largest absolute Gasteiger partial charge is 0.481 e. The van der Waals surface area contributed by atoms with Gasteiger partial charge < -0.3 is 14.9 Å². The van der Waals surface area contributed by atoms with Crippen LogP contribution in [0.15, 0.2) is 47.4 Å². The summed E-state index contributed by atoms with van der Waals surface area (Å²) in [7, 11) is 0. The molecule has 1 N–H and O–H groups in total. The number of hydrogen-bond donors (Lipinski definition) is 1. The second-order valence-electron chi connectivity index (χ2n) is 9.98.